The maximum atomic E-state index is 5.73. The minimum atomic E-state index is 0. The number of hydrogen-bond acceptors (Lipinski definition) is 5. The minimum Gasteiger partial charge on any atom is -0.489 e. The molecule has 2 heterocycles. The van der Waals surface area contributed by atoms with Gasteiger partial charge >= 0.3 is 0 Å². The van der Waals surface area contributed by atoms with Crippen molar-refractivity contribution < 1.29 is 9.47 Å². The molecule has 1 aliphatic heterocycles. The number of aryl methyl sites for hydroxylation is 1. The van der Waals surface area contributed by atoms with Crippen LogP contribution in [0.4, 0.5) is 0 Å². The highest BCUT2D eigenvalue weighted by atomic mass is 127. The third kappa shape index (κ3) is 6.69. The van der Waals surface area contributed by atoms with E-state index in [1.165, 1.54) is 0 Å². The number of nitrogens with one attached hydrogen (secondary N) is 2. The maximum Gasteiger partial charge on any atom is 0.191 e. The lowest BCUT2D eigenvalue weighted by Crippen LogP contribution is -2.47. The molecular formula is C21H31IN6O2. The van der Waals surface area contributed by atoms with Gasteiger partial charge in [0.1, 0.15) is 24.8 Å². The molecule has 2 N–H and O–H groups in total. The highest BCUT2D eigenvalue weighted by Gasteiger charge is 2.22. The number of guanidine groups is 1. The van der Waals surface area contributed by atoms with Crippen molar-refractivity contribution in [1.82, 2.24) is 25.4 Å². The number of nitrogens with zero attached hydrogens (tertiary/aromatic N) is 4. The fourth-order valence-electron chi connectivity index (χ4n) is 3.27. The van der Waals surface area contributed by atoms with E-state index in [0.717, 1.165) is 54.9 Å². The van der Waals surface area contributed by atoms with E-state index in [9.17, 15) is 0 Å². The number of methoxy groups -OCH3 is 1. The van der Waals surface area contributed by atoms with Crippen molar-refractivity contribution in [3.8, 4) is 5.75 Å². The van der Waals surface area contributed by atoms with Gasteiger partial charge in [0.25, 0.3) is 0 Å². The molecule has 1 unspecified atom stereocenters. The van der Waals surface area contributed by atoms with Crippen LogP contribution in [-0.4, -0.2) is 47.0 Å². The standard InChI is InChI=1S/C21H30N6O2.HI/c1-4-12-29-18-9-7-6-8-16(18)13-23-21(22-5-2)24-17-10-11-20-25-19(15-28-3)26-27(20)14-17;/h4,6-9,17H,1,5,10-15H2,2-3H3,(H2,22,23,24);1H. The van der Waals surface area contributed by atoms with Crippen LogP contribution in [0.15, 0.2) is 41.9 Å². The predicted molar refractivity (Wildman–Crippen MR) is 128 cm³/mol. The smallest absolute Gasteiger partial charge is 0.191 e. The molecular weight excluding hydrogens is 495 g/mol. The van der Waals surface area contributed by atoms with E-state index in [-0.39, 0.29) is 30.0 Å². The molecule has 0 amide bonds. The SMILES string of the molecule is C=CCOc1ccccc1CN=C(NCC)NC1CCc2nc(COC)nn2C1.I. The highest BCUT2D eigenvalue weighted by Crippen LogP contribution is 2.19. The zero-order chi connectivity index (χ0) is 20.5. The van der Waals surface area contributed by atoms with E-state index in [0.29, 0.717) is 19.8 Å². The van der Waals surface area contributed by atoms with Crippen LogP contribution in [0.2, 0.25) is 0 Å². The van der Waals surface area contributed by atoms with Crippen molar-refractivity contribution >= 4 is 29.9 Å². The molecule has 0 saturated carbocycles. The zero-order valence-corrected chi connectivity index (χ0v) is 20.0. The summed E-state index contributed by atoms with van der Waals surface area (Å²) in [6, 6.07) is 8.19. The van der Waals surface area contributed by atoms with Crippen LogP contribution in [-0.2, 0) is 30.9 Å². The molecule has 9 heteroatoms. The first-order valence-corrected chi connectivity index (χ1v) is 10.0. The Bertz CT molecular complexity index is 839. The Morgan fingerprint density at radius 3 is 3.00 bits per heavy atom. The molecule has 0 radical (unpaired) electrons. The summed E-state index contributed by atoms with van der Waals surface area (Å²) in [4.78, 5) is 9.29. The van der Waals surface area contributed by atoms with Gasteiger partial charge in [0.2, 0.25) is 0 Å². The van der Waals surface area contributed by atoms with Gasteiger partial charge in [-0.05, 0) is 19.4 Å². The van der Waals surface area contributed by atoms with Crippen molar-refractivity contribution in [3.63, 3.8) is 0 Å². The summed E-state index contributed by atoms with van der Waals surface area (Å²) in [5, 5.41) is 11.4. The molecule has 8 nitrogen and oxygen atoms in total. The average molecular weight is 526 g/mol. The Hall–Kier alpha value is -2.14. The van der Waals surface area contributed by atoms with Crippen LogP contribution in [0.5, 0.6) is 5.75 Å². The first-order valence-electron chi connectivity index (χ1n) is 10.0. The molecule has 1 aromatic carbocycles. The lowest BCUT2D eigenvalue weighted by atomic mass is 10.1. The lowest BCUT2D eigenvalue weighted by Gasteiger charge is -2.25. The Balaban J connectivity index is 0.00000320. The third-order valence-electron chi connectivity index (χ3n) is 4.60. The van der Waals surface area contributed by atoms with Crippen LogP contribution in [0.25, 0.3) is 0 Å². The van der Waals surface area contributed by atoms with Crippen LogP contribution in [0.3, 0.4) is 0 Å². The van der Waals surface area contributed by atoms with E-state index >= 15 is 0 Å². The van der Waals surface area contributed by atoms with Gasteiger partial charge in [-0.2, -0.15) is 5.10 Å². The Labute approximate surface area is 195 Å². The second kappa shape index (κ2) is 12.5. The van der Waals surface area contributed by atoms with Crippen molar-refractivity contribution in [2.45, 2.75) is 45.5 Å². The number of hydrogen-bond donors (Lipinski definition) is 2. The number of benzene rings is 1. The summed E-state index contributed by atoms with van der Waals surface area (Å²) in [7, 11) is 1.66. The number of aromatic nitrogens is 3. The maximum absolute atomic E-state index is 5.73. The highest BCUT2D eigenvalue weighted by molar-refractivity contribution is 14.0. The van der Waals surface area contributed by atoms with Crippen LogP contribution < -0.4 is 15.4 Å². The second-order valence-electron chi connectivity index (χ2n) is 6.84. The van der Waals surface area contributed by atoms with Gasteiger partial charge in [-0.3, -0.25) is 0 Å². The molecule has 3 rings (SSSR count). The first-order chi connectivity index (χ1) is 14.2. The topological polar surface area (TPSA) is 85.6 Å². The quantitative estimate of drug-likeness (QED) is 0.226. The Morgan fingerprint density at radius 1 is 1.40 bits per heavy atom. The molecule has 1 atom stereocenters. The van der Waals surface area contributed by atoms with E-state index in [4.69, 9.17) is 14.5 Å². The molecule has 2 aromatic rings. The van der Waals surface area contributed by atoms with Crippen molar-refractivity contribution in [2.24, 2.45) is 4.99 Å². The summed E-state index contributed by atoms with van der Waals surface area (Å²) in [5.74, 6) is 3.38. The zero-order valence-electron chi connectivity index (χ0n) is 17.6. The number of para-hydroxylation sites is 1. The number of aliphatic imine (C=N–C) groups is 1. The number of rotatable bonds is 9. The third-order valence-corrected chi connectivity index (χ3v) is 4.60. The molecule has 164 valence electrons. The van der Waals surface area contributed by atoms with Crippen molar-refractivity contribution in [3.05, 3.63) is 54.1 Å². The van der Waals surface area contributed by atoms with Gasteiger partial charge in [0.05, 0.1) is 13.1 Å². The molecule has 0 aliphatic carbocycles. The minimum absolute atomic E-state index is 0. The number of ether oxygens (including phenoxy) is 2. The van der Waals surface area contributed by atoms with Crippen LogP contribution in [0, 0.1) is 0 Å². The monoisotopic (exact) mass is 526 g/mol. The van der Waals surface area contributed by atoms with Crippen LogP contribution in [0.1, 0.15) is 30.6 Å². The fraction of sp³-hybridized carbons (Fsp3) is 0.476. The summed E-state index contributed by atoms with van der Waals surface area (Å²) >= 11 is 0. The molecule has 1 aromatic heterocycles. The predicted octanol–water partition coefficient (Wildman–Crippen LogP) is 2.68. The van der Waals surface area contributed by atoms with Gasteiger partial charge in [-0.1, -0.05) is 30.9 Å². The van der Waals surface area contributed by atoms with Gasteiger partial charge in [0.15, 0.2) is 11.8 Å². The van der Waals surface area contributed by atoms with Gasteiger partial charge in [-0.15, -0.1) is 24.0 Å². The molecule has 30 heavy (non-hydrogen) atoms. The van der Waals surface area contributed by atoms with Crippen molar-refractivity contribution in [1.29, 1.82) is 0 Å². The fourth-order valence-corrected chi connectivity index (χ4v) is 3.27. The van der Waals surface area contributed by atoms with Gasteiger partial charge in [0, 0.05) is 31.7 Å². The first kappa shape index (κ1) is 24.1. The van der Waals surface area contributed by atoms with Gasteiger partial charge < -0.3 is 20.1 Å². The van der Waals surface area contributed by atoms with Crippen LogP contribution >= 0.6 is 24.0 Å². The summed E-state index contributed by atoms with van der Waals surface area (Å²) < 4.78 is 12.8. The number of halogens is 1. The molecule has 0 fully saturated rings. The lowest BCUT2D eigenvalue weighted by molar-refractivity contribution is 0.177. The normalized spacial score (nSPS) is 15.7. The molecule has 1 aliphatic rings. The van der Waals surface area contributed by atoms with E-state index in [1.807, 2.05) is 28.9 Å². The average Bonchev–Trinajstić information content (AvgIpc) is 3.13. The molecule has 0 saturated heterocycles. The largest absolute Gasteiger partial charge is 0.489 e. The summed E-state index contributed by atoms with van der Waals surface area (Å²) in [6.07, 6.45) is 3.60. The molecule has 0 spiro atoms. The Morgan fingerprint density at radius 2 is 2.23 bits per heavy atom. The second-order valence-corrected chi connectivity index (χ2v) is 6.84. The summed E-state index contributed by atoms with van der Waals surface area (Å²) in [6.45, 7) is 8.77. The van der Waals surface area contributed by atoms with Crippen molar-refractivity contribution in [2.75, 3.05) is 20.3 Å². The number of fused-ring (bicyclic) bond motifs is 1. The molecule has 0 bridgehead atoms. The van der Waals surface area contributed by atoms with E-state index in [2.05, 4.69) is 34.2 Å². The van der Waals surface area contributed by atoms with E-state index in [1.54, 1.807) is 13.2 Å². The van der Waals surface area contributed by atoms with E-state index < -0.39 is 0 Å². The Kier molecular flexibility index (Phi) is 10.1. The van der Waals surface area contributed by atoms with Gasteiger partial charge in [-0.25, -0.2) is 14.7 Å². The summed E-state index contributed by atoms with van der Waals surface area (Å²) in [5.41, 5.74) is 1.04.